The summed E-state index contributed by atoms with van der Waals surface area (Å²) in [5, 5.41) is 5.57. The molecule has 3 nitrogen and oxygen atoms in total. The highest BCUT2D eigenvalue weighted by molar-refractivity contribution is 8.13. The molecule has 5 heteroatoms. The lowest BCUT2D eigenvalue weighted by Crippen LogP contribution is -2.22. The van der Waals surface area contributed by atoms with Gasteiger partial charge in [0.2, 0.25) is 0 Å². The molecule has 0 saturated carbocycles. The third kappa shape index (κ3) is 3.21. The van der Waals surface area contributed by atoms with Gasteiger partial charge in [-0.05, 0) is 12.8 Å². The van der Waals surface area contributed by atoms with Gasteiger partial charge in [0.05, 0.1) is 6.54 Å². The summed E-state index contributed by atoms with van der Waals surface area (Å²) in [6.07, 6.45) is 4.25. The summed E-state index contributed by atoms with van der Waals surface area (Å²) in [6.45, 7) is 3.94. The molecule has 1 aromatic rings. The number of nitrogens with one attached hydrogen (secondary N) is 1. The second kappa shape index (κ2) is 5.51. The van der Waals surface area contributed by atoms with E-state index in [4.69, 9.17) is 0 Å². The minimum absolute atomic E-state index is 0.816. The van der Waals surface area contributed by atoms with Gasteiger partial charge in [-0.15, -0.1) is 11.3 Å². The Balaban J connectivity index is 1.84. The molecule has 1 aromatic heterocycles. The van der Waals surface area contributed by atoms with E-state index in [9.17, 15) is 0 Å². The molecule has 2 rings (SSSR count). The fourth-order valence-corrected chi connectivity index (χ4v) is 2.94. The van der Waals surface area contributed by atoms with E-state index < -0.39 is 0 Å². The minimum atomic E-state index is 0.816. The van der Waals surface area contributed by atoms with Crippen LogP contribution in [0.4, 0.5) is 0 Å². The van der Waals surface area contributed by atoms with Gasteiger partial charge >= 0.3 is 0 Å². The van der Waals surface area contributed by atoms with E-state index in [0.29, 0.717) is 0 Å². The number of amidine groups is 1. The van der Waals surface area contributed by atoms with Gasteiger partial charge in [0.25, 0.3) is 0 Å². The van der Waals surface area contributed by atoms with Crippen molar-refractivity contribution in [3.05, 3.63) is 16.1 Å². The van der Waals surface area contributed by atoms with Crippen molar-refractivity contribution in [1.29, 1.82) is 0 Å². The van der Waals surface area contributed by atoms with Crippen LogP contribution in [0.3, 0.4) is 0 Å². The van der Waals surface area contributed by atoms with Crippen molar-refractivity contribution in [1.82, 2.24) is 10.3 Å². The van der Waals surface area contributed by atoms with Crippen LogP contribution < -0.4 is 5.32 Å². The molecule has 0 saturated heterocycles. The Morgan fingerprint density at radius 3 is 3.13 bits per heavy atom. The largest absolute Gasteiger partial charge is 0.358 e. The van der Waals surface area contributed by atoms with Gasteiger partial charge in [0.1, 0.15) is 5.01 Å². The van der Waals surface area contributed by atoms with Crippen molar-refractivity contribution in [3.63, 3.8) is 0 Å². The Kier molecular flexibility index (Phi) is 4.02. The zero-order valence-electron chi connectivity index (χ0n) is 8.82. The quantitative estimate of drug-likeness (QED) is 0.882. The van der Waals surface area contributed by atoms with E-state index >= 15 is 0 Å². The van der Waals surface area contributed by atoms with Crippen molar-refractivity contribution < 1.29 is 0 Å². The first-order chi connectivity index (χ1) is 7.38. The number of nitrogens with zero attached hydrogens (tertiary/aromatic N) is 2. The van der Waals surface area contributed by atoms with Crippen LogP contribution >= 0.6 is 23.1 Å². The Morgan fingerprint density at radius 1 is 1.53 bits per heavy atom. The average molecular weight is 241 g/mol. The van der Waals surface area contributed by atoms with Gasteiger partial charge < -0.3 is 5.32 Å². The fourth-order valence-electron chi connectivity index (χ4n) is 1.31. The number of hydrogen-bond donors (Lipinski definition) is 1. The van der Waals surface area contributed by atoms with Gasteiger partial charge in [0, 0.05) is 23.4 Å². The minimum Gasteiger partial charge on any atom is -0.358 e. The molecule has 82 valence electrons. The maximum absolute atomic E-state index is 4.42. The predicted octanol–water partition coefficient (Wildman–Crippen LogP) is 2.29. The highest BCUT2D eigenvalue weighted by Gasteiger charge is 2.06. The topological polar surface area (TPSA) is 37.3 Å². The van der Waals surface area contributed by atoms with E-state index in [0.717, 1.165) is 29.7 Å². The summed E-state index contributed by atoms with van der Waals surface area (Å²) in [5.41, 5.74) is 0. The Bertz CT molecular complexity index is 346. The van der Waals surface area contributed by atoms with Crippen molar-refractivity contribution in [2.45, 2.75) is 26.3 Å². The molecular weight excluding hydrogens is 226 g/mol. The Hall–Kier alpha value is -0.550. The van der Waals surface area contributed by atoms with Crippen LogP contribution in [0.5, 0.6) is 0 Å². The zero-order chi connectivity index (χ0) is 10.5. The summed E-state index contributed by atoms with van der Waals surface area (Å²) >= 11 is 3.59. The number of aryl methyl sites for hydroxylation is 1. The second-order valence-electron chi connectivity index (χ2n) is 3.32. The number of aliphatic imine (C=N–C) groups is 1. The number of thiazole rings is 1. The summed E-state index contributed by atoms with van der Waals surface area (Å²) in [5.74, 6) is 1.18. The van der Waals surface area contributed by atoms with E-state index in [1.165, 1.54) is 17.1 Å². The zero-order valence-corrected chi connectivity index (χ0v) is 10.5. The normalized spacial score (nSPS) is 16.2. The van der Waals surface area contributed by atoms with Crippen LogP contribution in [0, 0.1) is 0 Å². The number of rotatable bonds is 3. The van der Waals surface area contributed by atoms with Crippen LogP contribution in [0.15, 0.2) is 11.2 Å². The summed E-state index contributed by atoms with van der Waals surface area (Å²) in [7, 11) is 0. The van der Waals surface area contributed by atoms with Gasteiger partial charge in [-0.2, -0.15) is 0 Å². The highest BCUT2D eigenvalue weighted by Crippen LogP contribution is 2.14. The molecule has 1 aliphatic heterocycles. The molecule has 0 atom stereocenters. The summed E-state index contributed by atoms with van der Waals surface area (Å²) in [4.78, 5) is 10.1. The molecular formula is C10H15N3S2. The van der Waals surface area contributed by atoms with Crippen LogP contribution in [-0.4, -0.2) is 22.4 Å². The molecule has 0 aromatic carbocycles. The molecule has 0 aliphatic carbocycles. The van der Waals surface area contributed by atoms with Crippen molar-refractivity contribution in [3.8, 4) is 0 Å². The average Bonchev–Trinajstić information content (AvgIpc) is 2.76. The van der Waals surface area contributed by atoms with E-state index in [1.54, 1.807) is 11.3 Å². The standard InChI is InChI=1S/C10H15N3S2/c1-2-8-6-12-9(15-8)7-13-10-11-4-3-5-14-10/h6H,2-5,7H2,1H3,(H,11,13). The Labute approximate surface area is 98.4 Å². The molecule has 0 unspecified atom stereocenters. The van der Waals surface area contributed by atoms with Crippen LogP contribution in [0.25, 0.3) is 0 Å². The number of thioether (sulfide) groups is 1. The summed E-state index contributed by atoms with van der Waals surface area (Å²) in [6, 6.07) is 0. The fraction of sp³-hybridized carbons (Fsp3) is 0.600. The van der Waals surface area contributed by atoms with Crippen LogP contribution in [0.2, 0.25) is 0 Å². The number of hydrogen-bond acceptors (Lipinski definition) is 5. The third-order valence-electron chi connectivity index (χ3n) is 2.14. The van der Waals surface area contributed by atoms with E-state index in [1.807, 2.05) is 18.0 Å². The van der Waals surface area contributed by atoms with E-state index in [2.05, 4.69) is 22.2 Å². The molecule has 0 bridgehead atoms. The maximum atomic E-state index is 4.42. The summed E-state index contributed by atoms with van der Waals surface area (Å²) < 4.78 is 0. The monoisotopic (exact) mass is 241 g/mol. The van der Waals surface area contributed by atoms with Crippen molar-refractivity contribution >= 4 is 28.3 Å². The molecule has 2 heterocycles. The van der Waals surface area contributed by atoms with Gasteiger partial charge in [0.15, 0.2) is 5.17 Å². The lowest BCUT2D eigenvalue weighted by atomic mass is 10.4. The molecule has 15 heavy (non-hydrogen) atoms. The number of aromatic nitrogens is 1. The Morgan fingerprint density at radius 2 is 2.47 bits per heavy atom. The maximum Gasteiger partial charge on any atom is 0.156 e. The first-order valence-electron chi connectivity index (χ1n) is 5.23. The molecule has 0 spiro atoms. The highest BCUT2D eigenvalue weighted by atomic mass is 32.2. The molecule has 1 N–H and O–H groups in total. The third-order valence-corrected chi connectivity index (χ3v) is 4.32. The SMILES string of the molecule is CCc1cnc(CNC2=NCCCS2)s1. The second-order valence-corrected chi connectivity index (χ2v) is 5.60. The van der Waals surface area contributed by atoms with Crippen LogP contribution in [-0.2, 0) is 13.0 Å². The molecule has 0 radical (unpaired) electrons. The van der Waals surface area contributed by atoms with Crippen LogP contribution in [0.1, 0.15) is 23.2 Å². The lowest BCUT2D eigenvalue weighted by molar-refractivity contribution is 0.874. The van der Waals surface area contributed by atoms with Gasteiger partial charge in [-0.25, -0.2) is 4.98 Å². The first kappa shape index (κ1) is 11.0. The van der Waals surface area contributed by atoms with Gasteiger partial charge in [-0.1, -0.05) is 18.7 Å². The predicted molar refractivity (Wildman–Crippen MR) is 67.7 cm³/mol. The molecule has 0 amide bonds. The van der Waals surface area contributed by atoms with Crippen molar-refractivity contribution in [2.75, 3.05) is 12.3 Å². The van der Waals surface area contributed by atoms with Crippen molar-refractivity contribution in [2.24, 2.45) is 4.99 Å². The van der Waals surface area contributed by atoms with Gasteiger partial charge in [-0.3, -0.25) is 4.99 Å². The first-order valence-corrected chi connectivity index (χ1v) is 7.03. The van der Waals surface area contributed by atoms with E-state index in [-0.39, 0.29) is 0 Å². The smallest absolute Gasteiger partial charge is 0.156 e. The molecule has 0 fully saturated rings. The lowest BCUT2D eigenvalue weighted by Gasteiger charge is -2.11. The molecule has 1 aliphatic rings.